The minimum Gasteiger partial charge on any atom is -0.872 e. The summed E-state index contributed by atoms with van der Waals surface area (Å²) in [5, 5.41) is 13.4. The number of carbonyl (C=O) groups is 1. The summed E-state index contributed by atoms with van der Waals surface area (Å²) in [6.07, 6.45) is 3.80. The van der Waals surface area contributed by atoms with Crippen molar-refractivity contribution < 1.29 is 24.0 Å². The monoisotopic (exact) mass is 377 g/mol. The van der Waals surface area contributed by atoms with Gasteiger partial charge >= 0.3 is 0 Å². The number of quaternary nitrogens is 1. The quantitative estimate of drug-likeness (QED) is 0.671. The molecular formula is C23H23NO4. The summed E-state index contributed by atoms with van der Waals surface area (Å²) in [6.45, 7) is 3.64. The summed E-state index contributed by atoms with van der Waals surface area (Å²) in [5.74, 6) is 0.824. The average molecular weight is 377 g/mol. The number of para-hydroxylation sites is 1. The van der Waals surface area contributed by atoms with Crippen LogP contribution < -0.4 is 14.7 Å². The van der Waals surface area contributed by atoms with Gasteiger partial charge in [0.25, 0.3) is 0 Å². The van der Waals surface area contributed by atoms with Crippen LogP contribution >= 0.6 is 0 Å². The third kappa shape index (κ3) is 3.41. The number of ketones is 1. The molecule has 2 heterocycles. The molecule has 1 aliphatic heterocycles. The van der Waals surface area contributed by atoms with Crippen molar-refractivity contribution in [1.82, 2.24) is 0 Å². The van der Waals surface area contributed by atoms with Gasteiger partial charge in [-0.3, -0.25) is 4.79 Å². The number of Topliss-reactive ketones (excluding diaryl/α,β-unsaturated/α-hetero) is 1. The highest BCUT2D eigenvalue weighted by atomic mass is 16.5. The molecule has 0 saturated carbocycles. The van der Waals surface area contributed by atoms with Gasteiger partial charge in [0.1, 0.15) is 23.6 Å². The van der Waals surface area contributed by atoms with E-state index in [1.54, 1.807) is 12.1 Å². The first-order valence-electron chi connectivity index (χ1n) is 9.64. The SMILES string of the molecule is CCCC[NH+](C)Cc1c([O-])ccc2c1O/C(=C\c1cc3ccccc3o1)C2=O. The predicted molar refractivity (Wildman–Crippen MR) is 105 cm³/mol. The molecule has 1 unspecified atom stereocenters. The van der Waals surface area contributed by atoms with Crippen molar-refractivity contribution in [1.29, 1.82) is 0 Å². The van der Waals surface area contributed by atoms with Gasteiger partial charge in [-0.2, -0.15) is 0 Å². The van der Waals surface area contributed by atoms with Crippen LogP contribution in [0.15, 0.2) is 52.6 Å². The lowest BCUT2D eigenvalue weighted by molar-refractivity contribution is -0.894. The fraction of sp³-hybridized carbons (Fsp3) is 0.261. The zero-order valence-corrected chi connectivity index (χ0v) is 16.1. The highest BCUT2D eigenvalue weighted by Gasteiger charge is 2.31. The van der Waals surface area contributed by atoms with Gasteiger partial charge in [0.05, 0.1) is 19.2 Å². The van der Waals surface area contributed by atoms with Gasteiger partial charge in [-0.15, -0.1) is 0 Å². The van der Waals surface area contributed by atoms with Crippen LogP contribution in [-0.2, 0) is 6.54 Å². The molecule has 5 nitrogen and oxygen atoms in total. The zero-order valence-electron chi connectivity index (χ0n) is 16.1. The Morgan fingerprint density at radius 1 is 1.18 bits per heavy atom. The molecule has 28 heavy (non-hydrogen) atoms. The van der Waals surface area contributed by atoms with E-state index in [0.717, 1.165) is 30.4 Å². The first-order chi connectivity index (χ1) is 13.6. The maximum Gasteiger partial charge on any atom is 0.232 e. The Morgan fingerprint density at radius 2 is 2.00 bits per heavy atom. The van der Waals surface area contributed by atoms with Crippen LogP contribution in [0.3, 0.4) is 0 Å². The van der Waals surface area contributed by atoms with E-state index in [1.165, 1.54) is 11.0 Å². The molecule has 0 amide bonds. The number of rotatable bonds is 6. The van der Waals surface area contributed by atoms with Crippen LogP contribution in [0.4, 0.5) is 0 Å². The molecule has 1 aliphatic rings. The average Bonchev–Trinajstić information content (AvgIpc) is 3.23. The number of carbonyl (C=O) groups excluding carboxylic acids is 1. The number of unbranched alkanes of at least 4 members (excludes halogenated alkanes) is 1. The normalized spacial score (nSPS) is 15.8. The fourth-order valence-corrected chi connectivity index (χ4v) is 3.53. The van der Waals surface area contributed by atoms with E-state index in [2.05, 4.69) is 14.0 Å². The third-order valence-electron chi connectivity index (χ3n) is 5.05. The lowest BCUT2D eigenvalue weighted by Crippen LogP contribution is -3.07. The molecular weight excluding hydrogens is 354 g/mol. The van der Waals surface area contributed by atoms with Crippen molar-refractivity contribution >= 4 is 22.8 Å². The van der Waals surface area contributed by atoms with E-state index in [4.69, 9.17) is 9.15 Å². The number of ether oxygens (including phenoxy) is 1. The Bertz CT molecular complexity index is 1030. The minimum atomic E-state index is -0.220. The summed E-state index contributed by atoms with van der Waals surface area (Å²) in [4.78, 5) is 14.0. The van der Waals surface area contributed by atoms with Crippen molar-refractivity contribution in [3.8, 4) is 11.5 Å². The van der Waals surface area contributed by atoms with Gasteiger partial charge < -0.3 is 19.2 Å². The van der Waals surface area contributed by atoms with Gasteiger partial charge in [0.2, 0.25) is 5.78 Å². The standard InChI is InChI=1S/C23H23NO4/c1-3-4-11-24(2)14-18-19(25)10-9-17-22(26)21(28-23(17)18)13-16-12-15-7-5-6-8-20(15)27-16/h5-10,12-13,25H,3-4,11,14H2,1-2H3/b21-13-. The highest BCUT2D eigenvalue weighted by Crippen LogP contribution is 2.38. The molecule has 1 N–H and O–H groups in total. The molecule has 0 fully saturated rings. The van der Waals surface area contributed by atoms with Crippen molar-refractivity contribution in [2.24, 2.45) is 0 Å². The second-order valence-electron chi connectivity index (χ2n) is 7.28. The molecule has 1 atom stereocenters. The van der Waals surface area contributed by atoms with Gasteiger partial charge in [0, 0.05) is 17.0 Å². The van der Waals surface area contributed by atoms with Crippen LogP contribution in [-0.4, -0.2) is 19.4 Å². The number of nitrogens with one attached hydrogen (secondary N) is 1. The number of hydrogen-bond acceptors (Lipinski definition) is 4. The Hall–Kier alpha value is -3.05. The van der Waals surface area contributed by atoms with Crippen LogP contribution in [0, 0.1) is 0 Å². The van der Waals surface area contributed by atoms with Gasteiger partial charge in [-0.05, 0) is 24.6 Å². The van der Waals surface area contributed by atoms with Crippen LogP contribution in [0.1, 0.15) is 41.4 Å². The lowest BCUT2D eigenvalue weighted by atomic mass is 10.0. The summed E-state index contributed by atoms with van der Waals surface area (Å²) >= 11 is 0. The molecule has 2 aromatic carbocycles. The number of benzene rings is 2. The van der Waals surface area contributed by atoms with E-state index in [0.29, 0.717) is 29.2 Å². The van der Waals surface area contributed by atoms with Crippen molar-refractivity contribution in [3.63, 3.8) is 0 Å². The first-order valence-corrected chi connectivity index (χ1v) is 9.64. The van der Waals surface area contributed by atoms with E-state index in [-0.39, 0.29) is 17.3 Å². The van der Waals surface area contributed by atoms with Crippen LogP contribution in [0.5, 0.6) is 11.5 Å². The van der Waals surface area contributed by atoms with Gasteiger partial charge in [-0.1, -0.05) is 43.4 Å². The smallest absolute Gasteiger partial charge is 0.232 e. The minimum absolute atomic E-state index is 0.0904. The van der Waals surface area contributed by atoms with Crippen molar-refractivity contribution in [3.05, 3.63) is 65.1 Å². The molecule has 0 aliphatic carbocycles. The predicted octanol–water partition coefficient (Wildman–Crippen LogP) is 2.94. The number of fused-ring (bicyclic) bond motifs is 2. The summed E-state index contributed by atoms with van der Waals surface area (Å²) in [5.41, 5.74) is 1.76. The Kier molecular flexibility index (Phi) is 4.92. The van der Waals surface area contributed by atoms with E-state index in [9.17, 15) is 9.90 Å². The number of furan rings is 1. The fourth-order valence-electron chi connectivity index (χ4n) is 3.53. The van der Waals surface area contributed by atoms with E-state index >= 15 is 0 Å². The molecule has 3 aromatic rings. The maximum absolute atomic E-state index is 12.8. The van der Waals surface area contributed by atoms with E-state index in [1.807, 2.05) is 30.3 Å². The van der Waals surface area contributed by atoms with Gasteiger partial charge in [0.15, 0.2) is 5.76 Å². The highest BCUT2D eigenvalue weighted by molar-refractivity contribution is 6.14. The maximum atomic E-state index is 12.8. The molecule has 0 bridgehead atoms. The van der Waals surface area contributed by atoms with Gasteiger partial charge in [-0.25, -0.2) is 0 Å². The van der Waals surface area contributed by atoms with Crippen LogP contribution in [0.25, 0.3) is 17.0 Å². The lowest BCUT2D eigenvalue weighted by Gasteiger charge is -2.20. The first kappa shape index (κ1) is 18.3. The molecule has 4 rings (SSSR count). The molecule has 1 aromatic heterocycles. The second-order valence-corrected chi connectivity index (χ2v) is 7.28. The summed E-state index contributed by atoms with van der Waals surface area (Å²) in [6, 6.07) is 12.5. The second kappa shape index (κ2) is 7.52. The Labute approximate surface area is 163 Å². The largest absolute Gasteiger partial charge is 0.872 e. The van der Waals surface area contributed by atoms with Crippen molar-refractivity contribution in [2.75, 3.05) is 13.6 Å². The topological polar surface area (TPSA) is 66.9 Å². The zero-order chi connectivity index (χ0) is 19.7. The third-order valence-corrected chi connectivity index (χ3v) is 5.05. The summed E-state index contributed by atoms with van der Waals surface area (Å²) < 4.78 is 11.6. The van der Waals surface area contributed by atoms with Crippen LogP contribution in [0.2, 0.25) is 0 Å². The summed E-state index contributed by atoms with van der Waals surface area (Å²) in [7, 11) is 2.05. The van der Waals surface area contributed by atoms with E-state index < -0.39 is 0 Å². The number of allylic oxidation sites excluding steroid dienone is 1. The number of hydrogen-bond donors (Lipinski definition) is 1. The molecule has 5 heteroatoms. The van der Waals surface area contributed by atoms with Crippen molar-refractivity contribution in [2.45, 2.75) is 26.3 Å². The Morgan fingerprint density at radius 3 is 2.79 bits per heavy atom. The molecule has 0 spiro atoms. The molecule has 144 valence electrons. The molecule has 0 saturated heterocycles. The Balaban J connectivity index is 1.64. The molecule has 0 radical (unpaired) electrons.